The number of piperazine rings is 1. The minimum absolute atomic E-state index is 0.0746. The minimum atomic E-state index is -0.482. The molecule has 0 bridgehead atoms. The maximum absolute atomic E-state index is 12.7. The van der Waals surface area contributed by atoms with Gasteiger partial charge >= 0.3 is 0 Å². The third-order valence-electron chi connectivity index (χ3n) is 4.01. The fourth-order valence-electron chi connectivity index (χ4n) is 2.72. The van der Waals surface area contributed by atoms with Crippen molar-refractivity contribution < 1.29 is 14.3 Å². The zero-order valence-corrected chi connectivity index (χ0v) is 13.9. The Bertz CT molecular complexity index is 714. The van der Waals surface area contributed by atoms with Crippen molar-refractivity contribution in [2.75, 3.05) is 25.1 Å². The predicted molar refractivity (Wildman–Crippen MR) is 90.2 cm³/mol. The maximum Gasteiger partial charge on any atom is 0.264 e. The Morgan fingerprint density at radius 2 is 2.09 bits per heavy atom. The number of carbonyl (C=O) groups excluding carboxylic acids is 2. The molecule has 3 rings (SSSR count). The highest BCUT2D eigenvalue weighted by Gasteiger charge is 2.35. The number of hydrogen-bond donors (Lipinski definition) is 0. The van der Waals surface area contributed by atoms with Gasteiger partial charge in [0.25, 0.3) is 5.91 Å². The van der Waals surface area contributed by atoms with Crippen LogP contribution in [0.3, 0.4) is 0 Å². The van der Waals surface area contributed by atoms with Crippen molar-refractivity contribution in [3.63, 3.8) is 0 Å². The molecule has 0 N–H and O–H groups in total. The Balaban J connectivity index is 1.79. The van der Waals surface area contributed by atoms with Crippen molar-refractivity contribution in [1.29, 1.82) is 0 Å². The number of benzene rings is 1. The zero-order chi connectivity index (χ0) is 16.4. The first-order valence-electron chi connectivity index (χ1n) is 7.41. The summed E-state index contributed by atoms with van der Waals surface area (Å²) in [5.74, 6) is 0.556. The number of ether oxygens (including phenoxy) is 1. The molecule has 1 aromatic heterocycles. The average Bonchev–Trinajstić information content (AvgIpc) is 3.11. The molecular weight excluding hydrogens is 312 g/mol. The van der Waals surface area contributed by atoms with E-state index in [1.54, 1.807) is 29.9 Å². The van der Waals surface area contributed by atoms with E-state index in [0.717, 1.165) is 5.69 Å². The van der Waals surface area contributed by atoms with Crippen LogP contribution in [0.1, 0.15) is 16.6 Å². The number of thiophene rings is 1. The molecule has 23 heavy (non-hydrogen) atoms. The number of nitrogens with zero attached hydrogens (tertiary/aromatic N) is 2. The molecule has 2 amide bonds. The highest BCUT2D eigenvalue weighted by molar-refractivity contribution is 7.12. The van der Waals surface area contributed by atoms with Crippen molar-refractivity contribution in [1.82, 2.24) is 4.90 Å². The maximum atomic E-state index is 12.7. The first kappa shape index (κ1) is 15.6. The molecule has 120 valence electrons. The smallest absolute Gasteiger partial charge is 0.264 e. The molecule has 2 aromatic rings. The van der Waals surface area contributed by atoms with Crippen LogP contribution in [0.4, 0.5) is 5.69 Å². The highest BCUT2D eigenvalue weighted by atomic mass is 32.1. The van der Waals surface area contributed by atoms with E-state index in [4.69, 9.17) is 4.74 Å². The number of rotatable bonds is 3. The Hall–Kier alpha value is -2.34. The van der Waals surface area contributed by atoms with Gasteiger partial charge in [0, 0.05) is 24.8 Å². The van der Waals surface area contributed by atoms with Gasteiger partial charge in [-0.3, -0.25) is 9.59 Å². The molecular formula is C17H18N2O3S. The van der Waals surface area contributed by atoms with Gasteiger partial charge in [-0.2, -0.15) is 0 Å². The quantitative estimate of drug-likeness (QED) is 0.869. The predicted octanol–water partition coefficient (Wildman–Crippen LogP) is 2.63. The van der Waals surface area contributed by atoms with Gasteiger partial charge < -0.3 is 14.5 Å². The van der Waals surface area contributed by atoms with Gasteiger partial charge in [-0.15, -0.1) is 11.3 Å². The van der Waals surface area contributed by atoms with E-state index < -0.39 is 6.04 Å². The summed E-state index contributed by atoms with van der Waals surface area (Å²) in [6, 6.07) is 10.6. The first-order valence-corrected chi connectivity index (χ1v) is 8.29. The first-order chi connectivity index (χ1) is 11.1. The van der Waals surface area contributed by atoms with Gasteiger partial charge in [0.15, 0.2) is 0 Å². The molecule has 1 unspecified atom stereocenters. The lowest BCUT2D eigenvalue weighted by Gasteiger charge is -2.39. The monoisotopic (exact) mass is 330 g/mol. The molecule has 0 spiro atoms. The van der Waals surface area contributed by atoms with Crippen molar-refractivity contribution in [3.8, 4) is 5.75 Å². The van der Waals surface area contributed by atoms with Crippen LogP contribution in [0.5, 0.6) is 5.75 Å². The third-order valence-corrected chi connectivity index (χ3v) is 4.87. The normalized spacial score (nSPS) is 18.2. The fourth-order valence-corrected chi connectivity index (χ4v) is 3.40. The molecule has 1 fully saturated rings. The van der Waals surface area contributed by atoms with Crippen LogP contribution in [0.25, 0.3) is 0 Å². The summed E-state index contributed by atoms with van der Waals surface area (Å²) in [6.45, 7) is 2.77. The highest BCUT2D eigenvalue weighted by Crippen LogP contribution is 2.25. The second-order valence-electron chi connectivity index (χ2n) is 5.34. The van der Waals surface area contributed by atoms with Gasteiger partial charge in [-0.05, 0) is 30.5 Å². The van der Waals surface area contributed by atoms with Gasteiger partial charge in [0.2, 0.25) is 5.91 Å². The molecule has 1 aliphatic heterocycles. The molecule has 5 nitrogen and oxygen atoms in total. The van der Waals surface area contributed by atoms with Crippen molar-refractivity contribution in [2.24, 2.45) is 0 Å². The summed E-state index contributed by atoms with van der Waals surface area (Å²) < 4.78 is 5.21. The number of methoxy groups -OCH3 is 1. The largest absolute Gasteiger partial charge is 0.497 e. The van der Waals surface area contributed by atoms with E-state index in [-0.39, 0.29) is 11.8 Å². The zero-order valence-electron chi connectivity index (χ0n) is 13.1. The van der Waals surface area contributed by atoms with Crippen LogP contribution in [-0.4, -0.2) is 43.0 Å². The van der Waals surface area contributed by atoms with Crippen LogP contribution in [0, 0.1) is 0 Å². The van der Waals surface area contributed by atoms with E-state index in [1.165, 1.54) is 11.3 Å². The lowest BCUT2D eigenvalue weighted by atomic mass is 10.1. The fraction of sp³-hybridized carbons (Fsp3) is 0.294. The second-order valence-corrected chi connectivity index (χ2v) is 6.29. The van der Waals surface area contributed by atoms with Crippen LogP contribution in [0.2, 0.25) is 0 Å². The lowest BCUT2D eigenvalue weighted by molar-refractivity contribution is -0.124. The summed E-state index contributed by atoms with van der Waals surface area (Å²) >= 11 is 1.40. The van der Waals surface area contributed by atoms with Gasteiger partial charge in [0.1, 0.15) is 11.8 Å². The van der Waals surface area contributed by atoms with E-state index in [9.17, 15) is 9.59 Å². The van der Waals surface area contributed by atoms with Gasteiger partial charge in [0.05, 0.1) is 12.0 Å². The number of hydrogen-bond acceptors (Lipinski definition) is 4. The molecule has 1 aliphatic rings. The molecule has 0 radical (unpaired) electrons. The van der Waals surface area contributed by atoms with E-state index in [1.807, 2.05) is 35.7 Å². The Kier molecular flexibility index (Phi) is 4.34. The van der Waals surface area contributed by atoms with Crippen molar-refractivity contribution in [3.05, 3.63) is 46.7 Å². The topological polar surface area (TPSA) is 49.9 Å². The van der Waals surface area contributed by atoms with Crippen molar-refractivity contribution >= 4 is 28.8 Å². The van der Waals surface area contributed by atoms with Gasteiger partial charge in [-0.25, -0.2) is 0 Å². The average molecular weight is 330 g/mol. The summed E-state index contributed by atoms with van der Waals surface area (Å²) in [5.41, 5.74) is 0.796. The van der Waals surface area contributed by atoms with E-state index in [0.29, 0.717) is 23.7 Å². The van der Waals surface area contributed by atoms with Crippen LogP contribution in [0.15, 0.2) is 41.8 Å². The van der Waals surface area contributed by atoms with Crippen LogP contribution in [-0.2, 0) is 4.79 Å². The number of amides is 2. The lowest BCUT2D eigenvalue weighted by Crippen LogP contribution is -2.57. The van der Waals surface area contributed by atoms with Gasteiger partial charge in [-0.1, -0.05) is 12.1 Å². The van der Waals surface area contributed by atoms with Crippen LogP contribution >= 0.6 is 11.3 Å². The standard InChI is InChI=1S/C17H18N2O3S/c1-12-16(20)19(13-5-3-6-14(11-13)22-2)9-8-18(12)17(21)15-7-4-10-23-15/h3-7,10-12H,8-9H2,1-2H3. The summed E-state index contributed by atoms with van der Waals surface area (Å²) in [4.78, 5) is 29.2. The Morgan fingerprint density at radius 1 is 1.26 bits per heavy atom. The summed E-state index contributed by atoms with van der Waals surface area (Å²) in [5, 5.41) is 1.87. The molecule has 0 saturated carbocycles. The molecule has 1 aromatic carbocycles. The Labute approximate surface area is 139 Å². The molecule has 1 saturated heterocycles. The minimum Gasteiger partial charge on any atom is -0.497 e. The van der Waals surface area contributed by atoms with Crippen LogP contribution < -0.4 is 9.64 Å². The SMILES string of the molecule is COc1cccc(N2CCN(C(=O)c3cccs3)C(C)C2=O)c1. The van der Waals surface area contributed by atoms with E-state index >= 15 is 0 Å². The van der Waals surface area contributed by atoms with Crippen molar-refractivity contribution in [2.45, 2.75) is 13.0 Å². The summed E-state index contributed by atoms with van der Waals surface area (Å²) in [7, 11) is 1.60. The summed E-state index contributed by atoms with van der Waals surface area (Å²) in [6.07, 6.45) is 0. The van der Waals surface area contributed by atoms with E-state index in [2.05, 4.69) is 0 Å². The molecule has 0 aliphatic carbocycles. The Morgan fingerprint density at radius 3 is 2.78 bits per heavy atom. The molecule has 2 heterocycles. The number of carbonyl (C=O) groups is 2. The molecule has 1 atom stereocenters. The molecule has 6 heteroatoms. The third kappa shape index (κ3) is 2.94. The number of anilines is 1. The second kappa shape index (κ2) is 6.42.